The lowest BCUT2D eigenvalue weighted by atomic mass is 10.2. The normalized spacial score (nSPS) is 11.1. The molecule has 3 aromatic rings. The van der Waals surface area contributed by atoms with Gasteiger partial charge in [0.05, 0.1) is 6.54 Å². The number of aryl methyl sites for hydroxylation is 2. The molecule has 0 aliphatic heterocycles. The van der Waals surface area contributed by atoms with Crippen molar-refractivity contribution in [2.24, 2.45) is 14.1 Å². The fourth-order valence-corrected chi connectivity index (χ4v) is 2.31. The number of hydrogen-bond acceptors (Lipinski definition) is 3. The first-order valence-electron chi connectivity index (χ1n) is 6.24. The molecule has 3 rings (SSSR count). The largest absolute Gasteiger partial charge is 0.329 e. The molecule has 0 bridgehead atoms. The molecule has 0 spiro atoms. The second kappa shape index (κ2) is 4.48. The summed E-state index contributed by atoms with van der Waals surface area (Å²) in [5, 5.41) is 0. The van der Waals surface area contributed by atoms with Crippen molar-refractivity contribution >= 4 is 11.2 Å². The summed E-state index contributed by atoms with van der Waals surface area (Å²) in [5.41, 5.74) is 1.29. The molecule has 0 aliphatic rings. The molecule has 20 heavy (non-hydrogen) atoms. The van der Waals surface area contributed by atoms with Crippen LogP contribution in [-0.4, -0.2) is 18.7 Å². The number of fused-ring (bicyclic) bond motifs is 1. The SMILES string of the molecule is Cn1c(=O)n(C)c2c(=O)n(Cc3ccccc3)cnc21. The molecule has 0 fully saturated rings. The molecular weight excluding hydrogens is 256 g/mol. The molecule has 0 atom stereocenters. The molecule has 0 radical (unpaired) electrons. The molecule has 6 heteroatoms. The van der Waals surface area contributed by atoms with Crippen LogP contribution in [-0.2, 0) is 20.6 Å². The van der Waals surface area contributed by atoms with Gasteiger partial charge >= 0.3 is 5.69 Å². The summed E-state index contributed by atoms with van der Waals surface area (Å²) < 4.78 is 4.23. The lowest BCUT2D eigenvalue weighted by Gasteiger charge is -2.05. The van der Waals surface area contributed by atoms with Crippen molar-refractivity contribution in [2.45, 2.75) is 6.54 Å². The Bertz CT molecular complexity index is 887. The fraction of sp³-hybridized carbons (Fsp3) is 0.214. The number of rotatable bonds is 2. The Hall–Kier alpha value is -2.63. The van der Waals surface area contributed by atoms with Gasteiger partial charge in [0.15, 0.2) is 11.2 Å². The number of benzene rings is 1. The van der Waals surface area contributed by atoms with Gasteiger partial charge in [-0.15, -0.1) is 0 Å². The maximum absolute atomic E-state index is 12.5. The van der Waals surface area contributed by atoms with Gasteiger partial charge in [0, 0.05) is 14.1 Å². The average molecular weight is 270 g/mol. The van der Waals surface area contributed by atoms with E-state index in [-0.39, 0.29) is 11.2 Å². The molecule has 0 saturated carbocycles. The van der Waals surface area contributed by atoms with E-state index in [1.165, 1.54) is 20.0 Å². The molecule has 6 nitrogen and oxygen atoms in total. The first kappa shape index (κ1) is 12.4. The highest BCUT2D eigenvalue weighted by molar-refractivity contribution is 5.69. The van der Waals surface area contributed by atoms with Crippen molar-refractivity contribution in [3.8, 4) is 0 Å². The first-order chi connectivity index (χ1) is 9.59. The fourth-order valence-electron chi connectivity index (χ4n) is 2.31. The van der Waals surface area contributed by atoms with Crippen LogP contribution in [0.3, 0.4) is 0 Å². The van der Waals surface area contributed by atoms with Crippen LogP contribution in [0.5, 0.6) is 0 Å². The van der Waals surface area contributed by atoms with Gasteiger partial charge in [-0.05, 0) is 5.56 Å². The summed E-state index contributed by atoms with van der Waals surface area (Å²) in [5.74, 6) is 0. The van der Waals surface area contributed by atoms with Crippen molar-refractivity contribution in [1.29, 1.82) is 0 Å². The second-order valence-corrected chi connectivity index (χ2v) is 4.74. The standard InChI is InChI=1S/C14H14N4O2/c1-16-11-12(17(2)14(16)20)15-9-18(13(11)19)8-10-6-4-3-5-7-10/h3-7,9H,8H2,1-2H3. The van der Waals surface area contributed by atoms with Crippen LogP contribution in [0, 0.1) is 0 Å². The predicted octanol–water partition coefficient (Wildman–Crippen LogP) is 0.482. The van der Waals surface area contributed by atoms with Gasteiger partial charge in [-0.3, -0.25) is 18.5 Å². The molecule has 0 amide bonds. The summed E-state index contributed by atoms with van der Waals surface area (Å²) in [6.07, 6.45) is 1.48. The van der Waals surface area contributed by atoms with Crippen LogP contribution in [0.2, 0.25) is 0 Å². The molecule has 2 aromatic heterocycles. The van der Waals surface area contributed by atoms with Gasteiger partial charge in [-0.25, -0.2) is 9.78 Å². The Balaban J connectivity index is 2.20. The topological polar surface area (TPSA) is 61.8 Å². The van der Waals surface area contributed by atoms with Crippen LogP contribution in [0.25, 0.3) is 11.2 Å². The molecule has 0 aliphatic carbocycles. The highest BCUT2D eigenvalue weighted by Gasteiger charge is 2.14. The van der Waals surface area contributed by atoms with Crippen molar-refractivity contribution in [3.63, 3.8) is 0 Å². The van der Waals surface area contributed by atoms with Crippen molar-refractivity contribution in [2.75, 3.05) is 0 Å². The minimum atomic E-state index is -0.248. The van der Waals surface area contributed by atoms with Gasteiger partial charge in [0.2, 0.25) is 0 Å². The van der Waals surface area contributed by atoms with E-state index in [0.717, 1.165) is 5.56 Å². The lowest BCUT2D eigenvalue weighted by Crippen LogP contribution is -2.24. The van der Waals surface area contributed by atoms with Gasteiger partial charge in [-0.1, -0.05) is 30.3 Å². The van der Waals surface area contributed by atoms with Gasteiger partial charge in [0.25, 0.3) is 5.56 Å². The highest BCUT2D eigenvalue weighted by atomic mass is 16.2. The Kier molecular flexibility index (Phi) is 2.78. The third-order valence-corrected chi connectivity index (χ3v) is 3.42. The van der Waals surface area contributed by atoms with E-state index in [0.29, 0.717) is 17.7 Å². The number of imidazole rings is 1. The Morgan fingerprint density at radius 3 is 2.45 bits per heavy atom. The van der Waals surface area contributed by atoms with Crippen LogP contribution >= 0.6 is 0 Å². The molecular formula is C14H14N4O2. The van der Waals surface area contributed by atoms with Crippen molar-refractivity contribution < 1.29 is 0 Å². The van der Waals surface area contributed by atoms with E-state index < -0.39 is 0 Å². The van der Waals surface area contributed by atoms with E-state index in [4.69, 9.17) is 0 Å². The predicted molar refractivity (Wildman–Crippen MR) is 75.8 cm³/mol. The van der Waals surface area contributed by atoms with Crippen LogP contribution in [0.15, 0.2) is 46.2 Å². The zero-order chi connectivity index (χ0) is 14.3. The van der Waals surface area contributed by atoms with E-state index >= 15 is 0 Å². The quantitative estimate of drug-likeness (QED) is 0.680. The first-order valence-corrected chi connectivity index (χ1v) is 6.24. The number of hydrogen-bond donors (Lipinski definition) is 0. The smallest absolute Gasteiger partial charge is 0.293 e. The van der Waals surface area contributed by atoms with Crippen LogP contribution < -0.4 is 11.2 Å². The molecule has 0 N–H and O–H groups in total. The summed E-state index contributed by atoms with van der Waals surface area (Å²) >= 11 is 0. The minimum absolute atomic E-state index is 0.209. The zero-order valence-corrected chi connectivity index (χ0v) is 11.3. The Morgan fingerprint density at radius 2 is 1.75 bits per heavy atom. The van der Waals surface area contributed by atoms with Crippen LogP contribution in [0.4, 0.5) is 0 Å². The van der Waals surface area contributed by atoms with E-state index in [9.17, 15) is 9.59 Å². The average Bonchev–Trinajstić information content (AvgIpc) is 2.68. The highest BCUT2D eigenvalue weighted by Crippen LogP contribution is 2.04. The summed E-state index contributed by atoms with van der Waals surface area (Å²) in [6.45, 7) is 0.436. The van der Waals surface area contributed by atoms with Gasteiger partial charge in [0.1, 0.15) is 6.33 Å². The maximum atomic E-state index is 12.5. The second-order valence-electron chi connectivity index (χ2n) is 4.74. The summed E-state index contributed by atoms with van der Waals surface area (Å²) in [7, 11) is 3.19. The minimum Gasteiger partial charge on any atom is -0.293 e. The third-order valence-electron chi connectivity index (χ3n) is 3.42. The van der Waals surface area contributed by atoms with Crippen LogP contribution in [0.1, 0.15) is 5.56 Å². The zero-order valence-electron chi connectivity index (χ0n) is 11.3. The van der Waals surface area contributed by atoms with E-state index in [2.05, 4.69) is 4.98 Å². The lowest BCUT2D eigenvalue weighted by molar-refractivity contribution is 0.740. The summed E-state index contributed by atoms with van der Waals surface area (Å²) in [4.78, 5) is 28.5. The van der Waals surface area contributed by atoms with E-state index in [1.54, 1.807) is 14.1 Å². The molecule has 0 saturated heterocycles. The summed E-state index contributed by atoms with van der Waals surface area (Å²) in [6, 6.07) is 9.66. The molecule has 2 heterocycles. The van der Waals surface area contributed by atoms with E-state index in [1.807, 2.05) is 30.3 Å². The molecule has 1 aromatic carbocycles. The van der Waals surface area contributed by atoms with Crippen molar-refractivity contribution in [1.82, 2.24) is 18.7 Å². The third kappa shape index (κ3) is 1.77. The Morgan fingerprint density at radius 1 is 1.05 bits per heavy atom. The molecule has 0 unspecified atom stereocenters. The monoisotopic (exact) mass is 270 g/mol. The molecule has 102 valence electrons. The number of nitrogens with zero attached hydrogens (tertiary/aromatic N) is 4. The maximum Gasteiger partial charge on any atom is 0.329 e. The van der Waals surface area contributed by atoms with Gasteiger partial charge < -0.3 is 0 Å². The Labute approximate surface area is 114 Å². The van der Waals surface area contributed by atoms with Gasteiger partial charge in [-0.2, -0.15) is 0 Å². The van der Waals surface area contributed by atoms with Crippen molar-refractivity contribution in [3.05, 3.63) is 63.1 Å². The number of aromatic nitrogens is 4.